The standard InChI is InChI=1S/C12H13N5O3/c1-7-9(6-15-16-7)5-14-12(18)8-2-3-10(13)11(4-8)17(19)20/h2-4,6H,5,13H2,1H3,(H,14,18)(H,15,16). The van der Waals surface area contributed by atoms with Crippen LogP contribution in [0.5, 0.6) is 0 Å². The zero-order chi connectivity index (χ0) is 14.7. The molecule has 2 rings (SSSR count). The molecule has 0 aliphatic rings. The van der Waals surface area contributed by atoms with Crippen LogP contribution in [-0.4, -0.2) is 21.0 Å². The van der Waals surface area contributed by atoms with Crippen molar-refractivity contribution in [2.75, 3.05) is 5.73 Å². The first-order valence-electron chi connectivity index (χ1n) is 5.80. The summed E-state index contributed by atoms with van der Waals surface area (Å²) < 4.78 is 0. The lowest BCUT2D eigenvalue weighted by Gasteiger charge is -2.05. The molecule has 0 aliphatic carbocycles. The highest BCUT2D eigenvalue weighted by Gasteiger charge is 2.15. The van der Waals surface area contributed by atoms with Gasteiger partial charge in [0, 0.05) is 29.4 Å². The van der Waals surface area contributed by atoms with Gasteiger partial charge >= 0.3 is 0 Å². The van der Waals surface area contributed by atoms with Crippen molar-refractivity contribution < 1.29 is 9.72 Å². The minimum absolute atomic E-state index is 0.0252. The maximum atomic E-state index is 11.9. The number of aryl methyl sites for hydroxylation is 1. The lowest BCUT2D eigenvalue weighted by Crippen LogP contribution is -2.23. The van der Waals surface area contributed by atoms with Crippen molar-refractivity contribution >= 4 is 17.3 Å². The zero-order valence-corrected chi connectivity index (χ0v) is 10.7. The van der Waals surface area contributed by atoms with Gasteiger partial charge in [-0.25, -0.2) is 0 Å². The number of anilines is 1. The summed E-state index contributed by atoms with van der Waals surface area (Å²) in [6.45, 7) is 2.13. The first kappa shape index (κ1) is 13.5. The number of aromatic nitrogens is 2. The Morgan fingerprint density at radius 3 is 2.90 bits per heavy atom. The average molecular weight is 275 g/mol. The van der Waals surface area contributed by atoms with Crippen molar-refractivity contribution in [3.8, 4) is 0 Å². The van der Waals surface area contributed by atoms with E-state index < -0.39 is 10.8 Å². The average Bonchev–Trinajstić information content (AvgIpc) is 2.81. The SMILES string of the molecule is Cc1[nH]ncc1CNC(=O)c1ccc(N)c([N+](=O)[O-])c1. The topological polar surface area (TPSA) is 127 Å². The molecule has 1 heterocycles. The molecule has 20 heavy (non-hydrogen) atoms. The second-order valence-corrected chi connectivity index (χ2v) is 4.23. The molecule has 0 bridgehead atoms. The molecule has 4 N–H and O–H groups in total. The van der Waals surface area contributed by atoms with E-state index in [1.165, 1.54) is 12.1 Å². The Balaban J connectivity index is 2.12. The van der Waals surface area contributed by atoms with Crippen LogP contribution in [0.1, 0.15) is 21.6 Å². The van der Waals surface area contributed by atoms with Crippen LogP contribution in [-0.2, 0) is 6.54 Å². The maximum Gasteiger partial charge on any atom is 0.292 e. The van der Waals surface area contributed by atoms with Crippen molar-refractivity contribution in [1.29, 1.82) is 0 Å². The smallest absolute Gasteiger partial charge is 0.292 e. The van der Waals surface area contributed by atoms with E-state index in [-0.39, 0.29) is 16.9 Å². The molecule has 2 aromatic rings. The molecule has 104 valence electrons. The highest BCUT2D eigenvalue weighted by molar-refractivity contribution is 5.95. The summed E-state index contributed by atoms with van der Waals surface area (Å²) in [5.74, 6) is -0.409. The second kappa shape index (κ2) is 5.39. The third-order valence-electron chi connectivity index (χ3n) is 2.86. The highest BCUT2D eigenvalue weighted by atomic mass is 16.6. The number of nitro benzene ring substituents is 1. The van der Waals surface area contributed by atoms with E-state index >= 15 is 0 Å². The van der Waals surface area contributed by atoms with Crippen LogP contribution < -0.4 is 11.1 Å². The normalized spacial score (nSPS) is 10.2. The van der Waals surface area contributed by atoms with Crippen molar-refractivity contribution in [3.63, 3.8) is 0 Å². The summed E-state index contributed by atoms with van der Waals surface area (Å²) in [5.41, 5.74) is 7.11. The molecule has 0 saturated carbocycles. The molecule has 1 aromatic carbocycles. The Labute approximate surface area is 114 Å². The van der Waals surface area contributed by atoms with Crippen LogP contribution in [0, 0.1) is 17.0 Å². The van der Waals surface area contributed by atoms with Crippen LogP contribution in [0.15, 0.2) is 24.4 Å². The van der Waals surface area contributed by atoms with E-state index in [1.807, 2.05) is 6.92 Å². The molecule has 0 saturated heterocycles. The Kier molecular flexibility index (Phi) is 3.65. The Morgan fingerprint density at radius 2 is 2.30 bits per heavy atom. The van der Waals surface area contributed by atoms with E-state index in [0.717, 1.165) is 17.3 Å². The van der Waals surface area contributed by atoms with Gasteiger partial charge in [-0.2, -0.15) is 5.10 Å². The summed E-state index contributed by atoms with van der Waals surface area (Å²) in [6.07, 6.45) is 1.61. The fourth-order valence-corrected chi connectivity index (χ4v) is 1.67. The molecule has 8 heteroatoms. The van der Waals surface area contributed by atoms with Crippen LogP contribution >= 0.6 is 0 Å². The highest BCUT2D eigenvalue weighted by Crippen LogP contribution is 2.22. The number of benzene rings is 1. The number of hydrogen-bond donors (Lipinski definition) is 3. The Morgan fingerprint density at radius 1 is 1.55 bits per heavy atom. The number of H-pyrrole nitrogens is 1. The number of carbonyl (C=O) groups excluding carboxylic acids is 1. The Hall–Kier alpha value is -2.90. The van der Waals surface area contributed by atoms with E-state index in [1.54, 1.807) is 6.20 Å². The number of rotatable bonds is 4. The molecule has 0 fully saturated rings. The summed E-state index contributed by atoms with van der Waals surface area (Å²) in [6, 6.07) is 3.95. The summed E-state index contributed by atoms with van der Waals surface area (Å²) >= 11 is 0. The number of nitrogen functional groups attached to an aromatic ring is 1. The van der Waals surface area contributed by atoms with Gasteiger partial charge in [-0.05, 0) is 19.1 Å². The number of nitrogens with zero attached hydrogens (tertiary/aromatic N) is 2. The molecule has 0 atom stereocenters. The summed E-state index contributed by atoms with van der Waals surface area (Å²) in [5, 5.41) is 20.0. The fraction of sp³-hybridized carbons (Fsp3) is 0.167. The summed E-state index contributed by atoms with van der Waals surface area (Å²) in [7, 11) is 0. The lowest BCUT2D eigenvalue weighted by molar-refractivity contribution is -0.383. The van der Waals surface area contributed by atoms with Gasteiger partial charge in [-0.3, -0.25) is 20.0 Å². The van der Waals surface area contributed by atoms with Crippen LogP contribution in [0.4, 0.5) is 11.4 Å². The molecular formula is C12H13N5O3. The lowest BCUT2D eigenvalue weighted by atomic mass is 10.1. The predicted octanol–water partition coefficient (Wildman–Crippen LogP) is 1.14. The first-order valence-corrected chi connectivity index (χ1v) is 5.80. The number of nitrogens with two attached hydrogens (primary N) is 1. The van der Waals surface area contributed by atoms with Gasteiger partial charge in [0.2, 0.25) is 0 Å². The van der Waals surface area contributed by atoms with Crippen molar-refractivity contribution in [1.82, 2.24) is 15.5 Å². The Bertz CT molecular complexity index is 665. The van der Waals surface area contributed by atoms with Crippen molar-refractivity contribution in [2.45, 2.75) is 13.5 Å². The quantitative estimate of drug-likeness (QED) is 0.438. The minimum atomic E-state index is -0.619. The van der Waals surface area contributed by atoms with E-state index in [0.29, 0.717) is 6.54 Å². The van der Waals surface area contributed by atoms with E-state index in [9.17, 15) is 14.9 Å². The summed E-state index contributed by atoms with van der Waals surface area (Å²) in [4.78, 5) is 22.1. The van der Waals surface area contributed by atoms with Gasteiger partial charge in [-0.1, -0.05) is 0 Å². The monoisotopic (exact) mass is 275 g/mol. The molecule has 8 nitrogen and oxygen atoms in total. The van der Waals surface area contributed by atoms with E-state index in [2.05, 4.69) is 15.5 Å². The van der Waals surface area contributed by atoms with Gasteiger partial charge < -0.3 is 11.1 Å². The number of hydrogen-bond acceptors (Lipinski definition) is 5. The van der Waals surface area contributed by atoms with Gasteiger partial charge in [0.05, 0.1) is 11.1 Å². The van der Waals surface area contributed by atoms with Gasteiger partial charge in [0.15, 0.2) is 0 Å². The number of aromatic amines is 1. The van der Waals surface area contributed by atoms with Gasteiger partial charge in [-0.15, -0.1) is 0 Å². The fourth-order valence-electron chi connectivity index (χ4n) is 1.67. The molecule has 0 unspecified atom stereocenters. The number of amides is 1. The zero-order valence-electron chi connectivity index (χ0n) is 10.7. The number of nitro groups is 1. The molecule has 0 spiro atoms. The molecule has 0 aliphatic heterocycles. The van der Waals surface area contributed by atoms with Crippen molar-refractivity contribution in [3.05, 3.63) is 51.3 Å². The van der Waals surface area contributed by atoms with Gasteiger partial charge in [0.25, 0.3) is 11.6 Å². The minimum Gasteiger partial charge on any atom is -0.393 e. The number of carbonyl (C=O) groups is 1. The first-order chi connectivity index (χ1) is 9.49. The van der Waals surface area contributed by atoms with E-state index in [4.69, 9.17) is 5.73 Å². The maximum absolute atomic E-state index is 11.9. The number of nitrogens with one attached hydrogen (secondary N) is 2. The van der Waals surface area contributed by atoms with Crippen LogP contribution in [0.25, 0.3) is 0 Å². The van der Waals surface area contributed by atoms with Crippen LogP contribution in [0.3, 0.4) is 0 Å². The molecule has 1 aromatic heterocycles. The molecule has 1 amide bonds. The third-order valence-corrected chi connectivity index (χ3v) is 2.86. The van der Waals surface area contributed by atoms with Crippen LogP contribution in [0.2, 0.25) is 0 Å². The predicted molar refractivity (Wildman–Crippen MR) is 72.0 cm³/mol. The van der Waals surface area contributed by atoms with Gasteiger partial charge in [0.1, 0.15) is 5.69 Å². The second-order valence-electron chi connectivity index (χ2n) is 4.23. The molecular weight excluding hydrogens is 262 g/mol. The third kappa shape index (κ3) is 2.74. The van der Waals surface area contributed by atoms with Crippen molar-refractivity contribution in [2.24, 2.45) is 0 Å². The largest absolute Gasteiger partial charge is 0.393 e. The molecule has 0 radical (unpaired) electrons.